The first-order valence-corrected chi connectivity index (χ1v) is 41.7. The summed E-state index contributed by atoms with van der Waals surface area (Å²) in [6.45, 7) is 11.8. The molecule has 20 rings (SSSR count). The molecule has 16 heteroatoms. The first-order valence-electron chi connectivity index (χ1n) is 43.2. The number of rotatable bonds is 13. The number of hydrogen-bond donors (Lipinski definition) is 0. The molecule has 8 heterocycles. The third-order valence-corrected chi connectivity index (χ3v) is 19.2. The van der Waals surface area contributed by atoms with Crippen LogP contribution in [0.15, 0.2) is 371 Å². The summed E-state index contributed by atoms with van der Waals surface area (Å²) in [7, 11) is 0. The minimum absolute atomic E-state index is 0. The summed E-state index contributed by atoms with van der Waals surface area (Å²) >= 11 is 0. The summed E-state index contributed by atoms with van der Waals surface area (Å²) in [6, 6.07) is 162. The normalized spacial score (nSPS) is 10.1. The van der Waals surface area contributed by atoms with Gasteiger partial charge in [0.2, 0.25) is 0 Å². The van der Waals surface area contributed by atoms with Crippen LogP contribution in [-0.4, -0.2) is 39.9 Å². The molecule has 0 amide bonds. The maximum absolute atomic E-state index is 7.52. The molecule has 0 spiro atoms. The topological polar surface area (TPSA) is 103 Å². The van der Waals surface area contributed by atoms with Crippen LogP contribution in [0.4, 0.5) is 0 Å². The van der Waals surface area contributed by atoms with Crippen molar-refractivity contribution < 1.29 is 219 Å². The molecule has 0 aliphatic rings. The van der Waals surface area contributed by atoms with Gasteiger partial charge in [-0.2, -0.15) is 211 Å². The molecule has 0 N–H and O–H groups in total. The Labute approximate surface area is 973 Å². The van der Waals surface area contributed by atoms with Crippen LogP contribution in [0, 0.1) is 163 Å². The SMILES string of the molecule is Cc1ccc(-c2[c-]c(-c3cc(C(C)C)ccn3)[c-]cc2)[c-]n1.Cc1ccnc(-c2[c-]ccc(-c3[c-]nc(C)cc3)[c-]2)c1.[2H]C([2H])([2H])c1cnc(-c2[c-]ccc(-c3[c-]nc(C)cc3)[c-]2)cc1C.[Pt].[Pt].[Pt].[Pt].[Y].[Y].[Y].[Y].[c-]1ccc(-c2[c-]ccnc2)[c-]c1-c1ccccn1.[c-]1ccccc1-c1[c-]cccc1.[c-]1ccccc1-c1[c-]cccc1.[c-]1ccccc1-c1[c-]cccc1.[c-]1ccccc1-c1[c-]cccc1. The third-order valence-electron chi connectivity index (χ3n) is 19.2. The van der Waals surface area contributed by atoms with Crippen LogP contribution < -0.4 is 0 Å². The van der Waals surface area contributed by atoms with E-state index in [0.717, 1.165) is 140 Å². The van der Waals surface area contributed by atoms with Crippen LogP contribution in [0.25, 0.3) is 134 Å². The number of benzene rings is 12. The Morgan fingerprint density at radius 1 is 0.241 bits per heavy atom. The first kappa shape index (κ1) is 113. The average molecular weight is 2790 g/mol. The largest absolute Gasteiger partial charge is 0.373 e. The Kier molecular flexibility index (Phi) is 53.8. The van der Waals surface area contributed by atoms with Gasteiger partial charge in [-0.1, -0.05) is 92.5 Å². The van der Waals surface area contributed by atoms with Crippen LogP contribution in [-0.2, 0) is 215 Å². The monoisotopic (exact) mass is 2790 g/mol. The predicted molar refractivity (Wildman–Crippen MR) is 518 cm³/mol. The molecular weight excluding hydrogens is 2700 g/mol. The van der Waals surface area contributed by atoms with Crippen LogP contribution >= 0.6 is 0 Å². The van der Waals surface area contributed by atoms with E-state index in [1.165, 1.54) is 17.3 Å². The van der Waals surface area contributed by atoms with Crippen molar-refractivity contribution >= 4 is 0 Å². The molecule has 0 saturated heterocycles. The summed E-state index contributed by atoms with van der Waals surface area (Å²) < 4.78 is 22.6. The fourth-order valence-electron chi connectivity index (χ4n) is 12.4. The standard InChI is InChI=1S/C20H17N2.C19H15N2.C18H13N2.C16H9N2.4C12H8.4Pt.4Y/c1-14(2)16-9-10-21-20(12-16)18-6-4-5-17(11-18)19-8-7-15(3)22-13-19;1-13-9-19(21-11-14(13)2)17-6-4-5-16(10-17)18-8-7-15(3)20-12-18;1-13-8-9-19-18(10-13)16-5-3-4-15(11-16)17-7-6-14(2)20-12-17;1-2-10-18-16(8-1)14-6-3-5-13(11-14)15-7-4-9-17-12-15;4*1-3-7-11(8-4-1)12-9-5-2-6-10-12;;;;;;;;/h4-5,7-10,12,14H,1-3H3;4-5,7-9,11H,1-3H3;3-4,6-10H,1-2H3;1-5,8-10,12H;4*1-7,9H;;;;;;;;/q4*-3;4*-2;;;;;;;;/i;2D3;;;;;;;;;;;;;;. The van der Waals surface area contributed by atoms with E-state index >= 15 is 0 Å². The Balaban J connectivity index is 0.000000283. The average Bonchev–Trinajstić information content (AvgIpc) is 0.802. The Morgan fingerprint density at radius 2 is 0.555 bits per heavy atom. The van der Waals surface area contributed by atoms with Crippen molar-refractivity contribution in [1.82, 2.24) is 39.9 Å². The van der Waals surface area contributed by atoms with Crippen LogP contribution in [0.5, 0.6) is 0 Å². The second-order valence-corrected chi connectivity index (χ2v) is 29.2. The van der Waals surface area contributed by atoms with Gasteiger partial charge in [-0.3, -0.25) is 81.4 Å². The molecule has 0 bridgehead atoms. The van der Waals surface area contributed by atoms with Gasteiger partial charge in [-0.05, 0) is 79.9 Å². The zero-order valence-corrected chi connectivity index (χ0v) is 96.4. The van der Waals surface area contributed by atoms with Crippen LogP contribution in [0.1, 0.15) is 63.2 Å². The van der Waals surface area contributed by atoms with Gasteiger partial charge in [0.15, 0.2) is 0 Å². The molecule has 0 saturated carbocycles. The number of pyridine rings is 8. The maximum Gasteiger partial charge on any atom is 0.0280 e. The van der Waals surface area contributed by atoms with Gasteiger partial charge >= 0.3 is 0 Å². The molecule has 0 aliphatic carbocycles. The van der Waals surface area contributed by atoms with Crippen molar-refractivity contribution in [2.24, 2.45) is 0 Å². The molecule has 8 aromatic heterocycles. The summed E-state index contributed by atoms with van der Waals surface area (Å²) in [5, 5.41) is 0. The molecule has 0 fully saturated rings. The van der Waals surface area contributed by atoms with Crippen molar-refractivity contribution in [1.29, 1.82) is 0 Å². The fraction of sp³-hybridized carbons (Fsp3) is 0.0744. The van der Waals surface area contributed by atoms with E-state index in [9.17, 15) is 0 Å². The minimum atomic E-state index is -2.16. The Bertz CT molecular complexity index is 6360. The number of aryl methyl sites for hydroxylation is 6. The number of nitrogens with zero attached hydrogens (tertiary/aromatic N) is 8. The molecule has 0 unspecified atom stereocenters. The van der Waals surface area contributed by atoms with Crippen molar-refractivity contribution in [2.45, 2.75) is 61.2 Å². The molecule has 4 radical (unpaired) electrons. The van der Waals surface area contributed by atoms with Gasteiger partial charge in [-0.15, -0.1) is 121 Å². The molecule has 0 aliphatic heterocycles. The van der Waals surface area contributed by atoms with Crippen molar-refractivity contribution in [3.05, 3.63) is 532 Å². The zero-order valence-electron chi connectivity index (χ0n) is 78.9. The molecule has 0 atom stereocenters. The second-order valence-electron chi connectivity index (χ2n) is 29.2. The smallest absolute Gasteiger partial charge is 0.0280 e. The molecule has 20 aromatic rings. The van der Waals surface area contributed by atoms with Gasteiger partial charge in [0, 0.05) is 244 Å². The summed E-state index contributed by atoms with van der Waals surface area (Å²) in [5.74, 6) is 0.472. The summed E-state index contributed by atoms with van der Waals surface area (Å²) in [4.78, 5) is 34.1. The molecule has 12 aromatic carbocycles. The molecule has 137 heavy (non-hydrogen) atoms. The van der Waals surface area contributed by atoms with Gasteiger partial charge in [0.05, 0.1) is 0 Å². The van der Waals surface area contributed by atoms with Crippen LogP contribution in [0.3, 0.4) is 0 Å². The van der Waals surface area contributed by atoms with E-state index in [0.29, 0.717) is 22.7 Å². The minimum Gasteiger partial charge on any atom is -0.373 e. The van der Waals surface area contributed by atoms with Gasteiger partial charge in [0.25, 0.3) is 0 Å². The quantitative estimate of drug-likeness (QED) is 0.105. The first-order chi connectivity index (χ1) is 64.5. The van der Waals surface area contributed by atoms with E-state index < -0.39 is 6.85 Å². The van der Waals surface area contributed by atoms with E-state index in [2.05, 4.69) is 188 Å². The Morgan fingerprint density at radius 3 is 0.839 bits per heavy atom. The van der Waals surface area contributed by atoms with E-state index in [4.69, 9.17) is 4.11 Å². The van der Waals surface area contributed by atoms with Gasteiger partial charge in [-0.25, -0.2) is 92.5 Å². The van der Waals surface area contributed by atoms with Gasteiger partial charge in [0.1, 0.15) is 0 Å². The number of hydrogen-bond acceptors (Lipinski definition) is 8. The van der Waals surface area contributed by atoms with E-state index in [1.54, 1.807) is 49.9 Å². The zero-order chi connectivity index (χ0) is 91.9. The van der Waals surface area contributed by atoms with E-state index in [1.807, 2.05) is 337 Å². The third kappa shape index (κ3) is 38.9. The molecule has 682 valence electrons. The summed E-state index contributed by atoms with van der Waals surface area (Å²) in [5.41, 5.74) is 28.8. The van der Waals surface area contributed by atoms with Crippen molar-refractivity contribution in [3.8, 4) is 134 Å². The van der Waals surface area contributed by atoms with Gasteiger partial charge < -0.3 is 63.6 Å². The Hall–Kier alpha value is -8.99. The van der Waals surface area contributed by atoms with Crippen LogP contribution in [0.2, 0.25) is 0 Å². The number of aromatic nitrogens is 8. The molecule has 8 nitrogen and oxygen atoms in total. The van der Waals surface area contributed by atoms with Crippen molar-refractivity contribution in [2.75, 3.05) is 0 Å². The molecular formula is C121H86N8Pt4Y4-20. The fourth-order valence-corrected chi connectivity index (χ4v) is 12.4. The van der Waals surface area contributed by atoms with Crippen molar-refractivity contribution in [3.63, 3.8) is 0 Å². The predicted octanol–water partition coefficient (Wildman–Crippen LogP) is 27.6. The summed E-state index contributed by atoms with van der Waals surface area (Å²) in [6.07, 6.45) is 19.4. The van der Waals surface area contributed by atoms with E-state index in [-0.39, 0.29) is 221 Å². The maximum atomic E-state index is 7.52. The second kappa shape index (κ2) is 65.1.